The van der Waals surface area contributed by atoms with Gasteiger partial charge in [0.15, 0.2) is 0 Å². The molecule has 2 rings (SSSR count). The first-order chi connectivity index (χ1) is 10.7. The maximum Gasteiger partial charge on any atom is 0.224 e. The zero-order valence-corrected chi connectivity index (χ0v) is 13.4. The average Bonchev–Trinajstić information content (AvgIpc) is 2.55. The van der Waals surface area contributed by atoms with E-state index in [-0.39, 0.29) is 5.91 Å². The van der Waals surface area contributed by atoms with Crippen LogP contribution in [0.15, 0.2) is 18.2 Å². The molecule has 0 saturated carbocycles. The summed E-state index contributed by atoms with van der Waals surface area (Å²) < 4.78 is 10.5. The molecular weight excluding hydrogens is 282 g/mol. The van der Waals surface area contributed by atoms with Crippen LogP contribution in [0.2, 0.25) is 0 Å². The van der Waals surface area contributed by atoms with Gasteiger partial charge in [-0.1, -0.05) is 0 Å². The van der Waals surface area contributed by atoms with Gasteiger partial charge in [-0.2, -0.15) is 0 Å². The first kappa shape index (κ1) is 16.6. The summed E-state index contributed by atoms with van der Waals surface area (Å²) >= 11 is 0. The van der Waals surface area contributed by atoms with Gasteiger partial charge in [0, 0.05) is 44.8 Å². The van der Waals surface area contributed by atoms with Crippen LogP contribution in [0.5, 0.6) is 11.5 Å². The topological polar surface area (TPSA) is 62.8 Å². The number of rotatable bonds is 7. The van der Waals surface area contributed by atoms with Crippen molar-refractivity contribution in [3.63, 3.8) is 0 Å². The minimum atomic E-state index is 0.00156. The van der Waals surface area contributed by atoms with E-state index in [1.165, 1.54) is 0 Å². The second-order valence-electron chi connectivity index (χ2n) is 5.30. The number of nitrogens with zero attached hydrogens (tertiary/aromatic N) is 1. The van der Waals surface area contributed by atoms with Crippen LogP contribution in [0.1, 0.15) is 5.56 Å². The van der Waals surface area contributed by atoms with E-state index in [1.807, 2.05) is 18.2 Å². The molecule has 1 aromatic carbocycles. The van der Waals surface area contributed by atoms with Crippen molar-refractivity contribution in [2.45, 2.75) is 6.42 Å². The van der Waals surface area contributed by atoms with Crippen molar-refractivity contribution >= 4 is 5.91 Å². The highest BCUT2D eigenvalue weighted by molar-refractivity contribution is 5.79. The zero-order valence-electron chi connectivity index (χ0n) is 13.4. The van der Waals surface area contributed by atoms with Crippen molar-refractivity contribution in [3.8, 4) is 11.5 Å². The van der Waals surface area contributed by atoms with Gasteiger partial charge in [0.2, 0.25) is 5.91 Å². The number of amides is 1. The van der Waals surface area contributed by atoms with E-state index in [0.29, 0.717) is 18.7 Å². The Morgan fingerprint density at radius 2 is 2.05 bits per heavy atom. The molecule has 0 aromatic heterocycles. The molecule has 0 aliphatic carbocycles. The number of piperazine rings is 1. The number of hydrogen-bond donors (Lipinski definition) is 2. The van der Waals surface area contributed by atoms with Crippen LogP contribution in [0.25, 0.3) is 0 Å². The molecule has 1 aliphatic rings. The maximum atomic E-state index is 12.1. The summed E-state index contributed by atoms with van der Waals surface area (Å²) in [5.41, 5.74) is 0.835. The zero-order chi connectivity index (χ0) is 15.8. The van der Waals surface area contributed by atoms with Crippen molar-refractivity contribution in [2.24, 2.45) is 0 Å². The fourth-order valence-electron chi connectivity index (χ4n) is 2.54. The normalized spacial score (nSPS) is 15.4. The molecule has 6 nitrogen and oxygen atoms in total. The van der Waals surface area contributed by atoms with E-state index in [0.717, 1.165) is 44.0 Å². The Labute approximate surface area is 131 Å². The lowest BCUT2D eigenvalue weighted by Crippen LogP contribution is -2.46. The highest BCUT2D eigenvalue weighted by Crippen LogP contribution is 2.24. The molecule has 1 saturated heterocycles. The van der Waals surface area contributed by atoms with E-state index in [2.05, 4.69) is 15.5 Å². The van der Waals surface area contributed by atoms with E-state index in [9.17, 15) is 4.79 Å². The second-order valence-corrected chi connectivity index (χ2v) is 5.30. The van der Waals surface area contributed by atoms with Gasteiger partial charge in [-0.05, 0) is 18.2 Å². The average molecular weight is 307 g/mol. The minimum absolute atomic E-state index is 0.00156. The van der Waals surface area contributed by atoms with E-state index >= 15 is 0 Å². The molecule has 2 N–H and O–H groups in total. The minimum Gasteiger partial charge on any atom is -0.497 e. The number of hydrogen-bond acceptors (Lipinski definition) is 5. The number of benzene rings is 1. The Hall–Kier alpha value is -1.79. The van der Waals surface area contributed by atoms with Crippen LogP contribution in [0.4, 0.5) is 0 Å². The quantitative estimate of drug-likeness (QED) is 0.757. The molecule has 22 heavy (non-hydrogen) atoms. The molecule has 122 valence electrons. The lowest BCUT2D eigenvalue weighted by molar-refractivity contribution is -0.120. The van der Waals surface area contributed by atoms with Crippen LogP contribution < -0.4 is 20.1 Å². The van der Waals surface area contributed by atoms with Crippen molar-refractivity contribution in [1.82, 2.24) is 15.5 Å². The molecule has 1 aromatic rings. The summed E-state index contributed by atoms with van der Waals surface area (Å²) in [5, 5.41) is 6.29. The number of ether oxygens (including phenoxy) is 2. The highest BCUT2D eigenvalue weighted by Gasteiger charge is 2.12. The lowest BCUT2D eigenvalue weighted by atomic mass is 10.1. The van der Waals surface area contributed by atoms with Crippen molar-refractivity contribution < 1.29 is 14.3 Å². The number of carbonyl (C=O) groups is 1. The van der Waals surface area contributed by atoms with Crippen molar-refractivity contribution in [1.29, 1.82) is 0 Å². The van der Waals surface area contributed by atoms with Gasteiger partial charge in [-0.15, -0.1) is 0 Å². The first-order valence-electron chi connectivity index (χ1n) is 7.63. The maximum absolute atomic E-state index is 12.1. The van der Waals surface area contributed by atoms with Crippen LogP contribution in [-0.2, 0) is 11.2 Å². The Bertz CT molecular complexity index is 488. The molecule has 1 heterocycles. The molecule has 0 spiro atoms. The van der Waals surface area contributed by atoms with E-state index in [4.69, 9.17) is 9.47 Å². The summed E-state index contributed by atoms with van der Waals surface area (Å²) in [5.74, 6) is 1.43. The fourth-order valence-corrected chi connectivity index (χ4v) is 2.54. The van der Waals surface area contributed by atoms with E-state index in [1.54, 1.807) is 14.2 Å². The largest absolute Gasteiger partial charge is 0.497 e. The number of nitrogens with one attached hydrogen (secondary N) is 2. The lowest BCUT2D eigenvalue weighted by Gasteiger charge is -2.27. The monoisotopic (exact) mass is 307 g/mol. The van der Waals surface area contributed by atoms with Crippen LogP contribution in [0.3, 0.4) is 0 Å². The standard InChI is InChI=1S/C16H25N3O3/c1-21-14-3-4-15(22-2)13(11-14)12-16(20)18-7-10-19-8-5-17-6-9-19/h3-4,11,17H,5-10,12H2,1-2H3,(H,18,20). The third-order valence-corrected chi connectivity index (χ3v) is 3.80. The molecule has 0 radical (unpaired) electrons. The molecule has 6 heteroatoms. The van der Waals surface area contributed by atoms with Gasteiger partial charge in [-0.3, -0.25) is 9.69 Å². The first-order valence-corrected chi connectivity index (χ1v) is 7.63. The van der Waals surface area contributed by atoms with E-state index < -0.39 is 0 Å². The summed E-state index contributed by atoms with van der Waals surface area (Å²) in [6.45, 7) is 5.69. The van der Waals surface area contributed by atoms with Crippen molar-refractivity contribution in [3.05, 3.63) is 23.8 Å². The van der Waals surface area contributed by atoms with Gasteiger partial charge in [0.05, 0.1) is 20.6 Å². The van der Waals surface area contributed by atoms with Crippen molar-refractivity contribution in [2.75, 3.05) is 53.5 Å². The fraction of sp³-hybridized carbons (Fsp3) is 0.562. The molecule has 0 unspecified atom stereocenters. The molecular formula is C16H25N3O3. The Balaban J connectivity index is 1.80. The van der Waals surface area contributed by atoms with Crippen LogP contribution >= 0.6 is 0 Å². The van der Waals surface area contributed by atoms with Gasteiger partial charge < -0.3 is 20.1 Å². The van der Waals surface area contributed by atoms with Gasteiger partial charge >= 0.3 is 0 Å². The second kappa shape index (κ2) is 8.60. The summed E-state index contributed by atoms with van der Waals surface area (Å²) in [6.07, 6.45) is 0.294. The summed E-state index contributed by atoms with van der Waals surface area (Å²) in [6, 6.07) is 5.49. The molecule has 1 amide bonds. The SMILES string of the molecule is COc1ccc(OC)c(CC(=O)NCCN2CCNCC2)c1. The summed E-state index contributed by atoms with van der Waals surface area (Å²) in [7, 11) is 3.22. The van der Waals surface area contributed by atoms with Crippen LogP contribution in [-0.4, -0.2) is 64.3 Å². The third-order valence-electron chi connectivity index (χ3n) is 3.80. The van der Waals surface area contributed by atoms with Gasteiger partial charge in [0.1, 0.15) is 11.5 Å². The molecule has 1 aliphatic heterocycles. The number of carbonyl (C=O) groups excluding carboxylic acids is 1. The van der Waals surface area contributed by atoms with Gasteiger partial charge in [-0.25, -0.2) is 0 Å². The predicted octanol–water partition coefficient (Wildman–Crippen LogP) is 0.268. The Morgan fingerprint density at radius 1 is 1.27 bits per heavy atom. The number of methoxy groups -OCH3 is 2. The van der Waals surface area contributed by atoms with Gasteiger partial charge in [0.25, 0.3) is 0 Å². The summed E-state index contributed by atoms with van der Waals surface area (Å²) in [4.78, 5) is 14.4. The Kier molecular flexibility index (Phi) is 6.48. The Morgan fingerprint density at radius 3 is 2.73 bits per heavy atom. The smallest absolute Gasteiger partial charge is 0.224 e. The van der Waals surface area contributed by atoms with Crippen LogP contribution in [0, 0.1) is 0 Å². The molecule has 1 fully saturated rings. The predicted molar refractivity (Wildman–Crippen MR) is 85.6 cm³/mol. The third kappa shape index (κ3) is 4.89. The molecule has 0 atom stereocenters. The highest BCUT2D eigenvalue weighted by atomic mass is 16.5. The molecule has 0 bridgehead atoms.